The Morgan fingerprint density at radius 1 is 1.39 bits per heavy atom. The van der Waals surface area contributed by atoms with E-state index in [2.05, 4.69) is 52.5 Å². The van der Waals surface area contributed by atoms with E-state index in [1.165, 1.54) is 23.0 Å². The van der Waals surface area contributed by atoms with E-state index < -0.39 is 0 Å². The molecule has 0 spiro atoms. The second kappa shape index (κ2) is 6.02. The van der Waals surface area contributed by atoms with Gasteiger partial charge in [0.25, 0.3) is 0 Å². The zero-order valence-electron chi connectivity index (χ0n) is 10.9. The monoisotopic (exact) mass is 262 g/mol. The highest BCUT2D eigenvalue weighted by molar-refractivity contribution is 7.99. The number of thioether (sulfide) groups is 1. The lowest BCUT2D eigenvalue weighted by molar-refractivity contribution is 0.657. The SMILES string of the molecule is CNC(CSc1ncn[nH]1)c1ccc(C)cc1C. The zero-order valence-corrected chi connectivity index (χ0v) is 11.7. The molecule has 2 N–H and O–H groups in total. The molecule has 4 nitrogen and oxygen atoms in total. The first-order chi connectivity index (χ1) is 8.70. The lowest BCUT2D eigenvalue weighted by Gasteiger charge is -2.18. The normalized spacial score (nSPS) is 12.6. The minimum absolute atomic E-state index is 0.320. The summed E-state index contributed by atoms with van der Waals surface area (Å²) < 4.78 is 0. The van der Waals surface area contributed by atoms with E-state index in [4.69, 9.17) is 0 Å². The molecule has 0 aliphatic heterocycles. The van der Waals surface area contributed by atoms with Gasteiger partial charge in [-0.05, 0) is 32.0 Å². The van der Waals surface area contributed by atoms with Gasteiger partial charge in [-0.15, -0.1) is 0 Å². The number of rotatable bonds is 5. The third-order valence-corrected chi connectivity index (χ3v) is 3.90. The van der Waals surface area contributed by atoms with Gasteiger partial charge in [-0.1, -0.05) is 35.5 Å². The average Bonchev–Trinajstić information content (AvgIpc) is 2.85. The standard InChI is InChI=1S/C13H18N4S/c1-9-4-5-11(10(2)6-9)12(14-3)7-18-13-15-8-16-17-13/h4-6,8,12,14H,7H2,1-3H3,(H,15,16,17). The summed E-state index contributed by atoms with van der Waals surface area (Å²) in [5, 5.41) is 10.9. The third kappa shape index (κ3) is 3.11. The van der Waals surface area contributed by atoms with Gasteiger partial charge in [0.05, 0.1) is 0 Å². The fourth-order valence-corrected chi connectivity index (χ4v) is 2.88. The lowest BCUT2D eigenvalue weighted by atomic mass is 10.0. The molecule has 1 aromatic heterocycles. The van der Waals surface area contributed by atoms with Crippen LogP contribution in [0.4, 0.5) is 0 Å². The quantitative estimate of drug-likeness (QED) is 0.813. The number of nitrogens with zero attached hydrogens (tertiary/aromatic N) is 2. The number of benzene rings is 1. The van der Waals surface area contributed by atoms with Crippen molar-refractivity contribution in [1.82, 2.24) is 20.5 Å². The fraction of sp³-hybridized carbons (Fsp3) is 0.385. The van der Waals surface area contributed by atoms with Gasteiger partial charge in [-0.3, -0.25) is 5.10 Å². The van der Waals surface area contributed by atoms with Crippen LogP contribution in [-0.4, -0.2) is 28.0 Å². The summed E-state index contributed by atoms with van der Waals surface area (Å²) in [6.07, 6.45) is 1.54. The maximum atomic E-state index is 4.12. The van der Waals surface area contributed by atoms with Crippen LogP contribution in [0.5, 0.6) is 0 Å². The van der Waals surface area contributed by atoms with Crippen molar-refractivity contribution < 1.29 is 0 Å². The van der Waals surface area contributed by atoms with Crippen LogP contribution in [0.3, 0.4) is 0 Å². The van der Waals surface area contributed by atoms with Crippen molar-refractivity contribution in [3.05, 3.63) is 41.2 Å². The largest absolute Gasteiger partial charge is 0.312 e. The van der Waals surface area contributed by atoms with Crippen LogP contribution in [0.25, 0.3) is 0 Å². The molecule has 0 aliphatic carbocycles. The highest BCUT2D eigenvalue weighted by atomic mass is 32.2. The molecule has 0 saturated carbocycles. The number of H-pyrrole nitrogens is 1. The van der Waals surface area contributed by atoms with Crippen LogP contribution in [0.15, 0.2) is 29.7 Å². The number of hydrogen-bond donors (Lipinski definition) is 2. The molecular weight excluding hydrogens is 244 g/mol. The van der Waals surface area contributed by atoms with Gasteiger partial charge in [0.2, 0.25) is 0 Å². The van der Waals surface area contributed by atoms with Gasteiger partial charge in [0.15, 0.2) is 5.16 Å². The summed E-state index contributed by atoms with van der Waals surface area (Å²) in [7, 11) is 1.99. The fourth-order valence-electron chi connectivity index (χ4n) is 1.97. The Bertz CT molecular complexity index is 496. The molecule has 0 aliphatic rings. The number of aryl methyl sites for hydroxylation is 2. The summed E-state index contributed by atoms with van der Waals surface area (Å²) in [5.41, 5.74) is 3.97. The Hall–Kier alpha value is -1.33. The topological polar surface area (TPSA) is 53.6 Å². The van der Waals surface area contributed by atoms with Gasteiger partial charge < -0.3 is 5.32 Å². The maximum Gasteiger partial charge on any atom is 0.183 e. The van der Waals surface area contributed by atoms with E-state index >= 15 is 0 Å². The van der Waals surface area contributed by atoms with E-state index in [1.807, 2.05) is 7.05 Å². The molecule has 1 atom stereocenters. The molecule has 1 aromatic carbocycles. The first kappa shape index (κ1) is 13.1. The van der Waals surface area contributed by atoms with Crippen LogP contribution in [-0.2, 0) is 0 Å². The minimum Gasteiger partial charge on any atom is -0.312 e. The van der Waals surface area contributed by atoms with Gasteiger partial charge in [0, 0.05) is 11.8 Å². The number of aromatic nitrogens is 3. The Kier molecular flexibility index (Phi) is 4.38. The van der Waals surface area contributed by atoms with Crippen LogP contribution in [0.1, 0.15) is 22.7 Å². The molecule has 1 heterocycles. The molecule has 2 rings (SSSR count). The molecule has 0 radical (unpaired) electrons. The summed E-state index contributed by atoms with van der Waals surface area (Å²) in [5.74, 6) is 0.926. The van der Waals surface area contributed by atoms with Crippen molar-refractivity contribution in [2.24, 2.45) is 0 Å². The van der Waals surface area contributed by atoms with E-state index in [0.29, 0.717) is 6.04 Å². The molecule has 96 valence electrons. The van der Waals surface area contributed by atoms with E-state index in [9.17, 15) is 0 Å². The van der Waals surface area contributed by atoms with Gasteiger partial charge in [-0.25, -0.2) is 4.98 Å². The molecule has 1 unspecified atom stereocenters. The van der Waals surface area contributed by atoms with Crippen molar-refractivity contribution in [2.45, 2.75) is 25.0 Å². The first-order valence-corrected chi connectivity index (χ1v) is 6.92. The predicted octanol–water partition coefficient (Wildman–Crippen LogP) is 2.47. The number of aromatic amines is 1. The van der Waals surface area contributed by atoms with Crippen molar-refractivity contribution in [1.29, 1.82) is 0 Å². The highest BCUT2D eigenvalue weighted by Gasteiger charge is 2.13. The Labute approximate surface area is 112 Å². The molecule has 5 heteroatoms. The van der Waals surface area contributed by atoms with Crippen LogP contribution in [0.2, 0.25) is 0 Å². The molecule has 0 amide bonds. The Morgan fingerprint density at radius 2 is 2.22 bits per heavy atom. The van der Waals surface area contributed by atoms with Crippen molar-refractivity contribution >= 4 is 11.8 Å². The number of nitrogens with one attached hydrogen (secondary N) is 2. The Balaban J connectivity index is 2.08. The minimum atomic E-state index is 0.320. The highest BCUT2D eigenvalue weighted by Crippen LogP contribution is 2.24. The Morgan fingerprint density at radius 3 is 2.83 bits per heavy atom. The third-order valence-electron chi connectivity index (χ3n) is 2.93. The zero-order chi connectivity index (χ0) is 13.0. The van der Waals surface area contributed by atoms with Gasteiger partial charge >= 0.3 is 0 Å². The molecule has 0 saturated heterocycles. The summed E-state index contributed by atoms with van der Waals surface area (Å²) in [4.78, 5) is 4.12. The summed E-state index contributed by atoms with van der Waals surface area (Å²) >= 11 is 1.68. The second-order valence-corrected chi connectivity index (χ2v) is 5.31. The van der Waals surface area contributed by atoms with Crippen LogP contribution >= 0.6 is 11.8 Å². The first-order valence-electron chi connectivity index (χ1n) is 5.93. The molecular formula is C13H18N4S. The van der Waals surface area contributed by atoms with Crippen molar-refractivity contribution in [2.75, 3.05) is 12.8 Å². The van der Waals surface area contributed by atoms with Crippen molar-refractivity contribution in [3.8, 4) is 0 Å². The van der Waals surface area contributed by atoms with Crippen LogP contribution in [0, 0.1) is 13.8 Å². The second-order valence-electron chi connectivity index (χ2n) is 4.30. The molecule has 0 fully saturated rings. The molecule has 18 heavy (non-hydrogen) atoms. The van der Waals surface area contributed by atoms with E-state index in [1.54, 1.807) is 11.8 Å². The summed E-state index contributed by atoms with van der Waals surface area (Å²) in [6.45, 7) is 4.28. The smallest absolute Gasteiger partial charge is 0.183 e. The van der Waals surface area contributed by atoms with Crippen molar-refractivity contribution in [3.63, 3.8) is 0 Å². The van der Waals surface area contributed by atoms with Gasteiger partial charge in [0.1, 0.15) is 6.33 Å². The van der Waals surface area contributed by atoms with E-state index in [0.717, 1.165) is 10.9 Å². The number of hydrogen-bond acceptors (Lipinski definition) is 4. The predicted molar refractivity (Wildman–Crippen MR) is 74.8 cm³/mol. The molecule has 2 aromatic rings. The average molecular weight is 262 g/mol. The lowest BCUT2D eigenvalue weighted by Crippen LogP contribution is -2.19. The van der Waals surface area contributed by atoms with E-state index in [-0.39, 0.29) is 0 Å². The van der Waals surface area contributed by atoms with Gasteiger partial charge in [-0.2, -0.15) is 5.10 Å². The molecule has 0 bridgehead atoms. The van der Waals surface area contributed by atoms with Crippen LogP contribution < -0.4 is 5.32 Å². The summed E-state index contributed by atoms with van der Waals surface area (Å²) in [6, 6.07) is 6.90. The maximum absolute atomic E-state index is 4.12.